The van der Waals surface area contributed by atoms with Crippen LogP contribution >= 0.6 is 0 Å². The summed E-state index contributed by atoms with van der Waals surface area (Å²) in [4.78, 5) is -0.0182. The first kappa shape index (κ1) is 14.5. The fraction of sp³-hybridized carbons (Fsp3) is 0.333. The van der Waals surface area contributed by atoms with Crippen molar-refractivity contribution in [1.29, 1.82) is 0 Å². The van der Waals surface area contributed by atoms with Crippen LogP contribution in [0.3, 0.4) is 0 Å². The molecule has 0 unspecified atom stereocenters. The predicted molar refractivity (Wildman–Crippen MR) is 67.5 cm³/mol. The van der Waals surface area contributed by atoms with E-state index in [0.29, 0.717) is 5.75 Å². The summed E-state index contributed by atoms with van der Waals surface area (Å²) in [6.07, 6.45) is 3.31. The molecule has 0 fully saturated rings. The second-order valence-corrected chi connectivity index (χ2v) is 4.91. The van der Waals surface area contributed by atoms with Gasteiger partial charge < -0.3 is 9.47 Å². The van der Waals surface area contributed by atoms with Gasteiger partial charge in [0.05, 0.1) is 20.8 Å². The third-order valence-corrected chi connectivity index (χ3v) is 3.52. The molecule has 0 atom stereocenters. The van der Waals surface area contributed by atoms with Gasteiger partial charge in [0.1, 0.15) is 16.4 Å². The van der Waals surface area contributed by atoms with Crippen molar-refractivity contribution in [3.8, 4) is 11.5 Å². The van der Waals surface area contributed by atoms with E-state index in [9.17, 15) is 8.42 Å². The molecular weight excluding hydrogens is 256 g/mol. The lowest BCUT2D eigenvalue weighted by atomic mass is 10.3. The molecule has 0 bridgehead atoms. The highest BCUT2D eigenvalue weighted by atomic mass is 32.2. The molecule has 0 radical (unpaired) electrons. The SMILES string of the molecule is C/C=C/COS(=O)(=O)c1ccc(OC)cc1OC. The first-order chi connectivity index (χ1) is 8.55. The Bertz CT molecular complexity index is 519. The van der Waals surface area contributed by atoms with Gasteiger partial charge in [-0.05, 0) is 19.1 Å². The monoisotopic (exact) mass is 272 g/mol. The van der Waals surface area contributed by atoms with Gasteiger partial charge in [0.15, 0.2) is 0 Å². The summed E-state index contributed by atoms with van der Waals surface area (Å²) < 4.78 is 38.7. The quantitative estimate of drug-likeness (QED) is 0.585. The number of benzene rings is 1. The normalized spacial score (nSPS) is 11.7. The largest absolute Gasteiger partial charge is 0.497 e. The second-order valence-electron chi connectivity index (χ2n) is 3.32. The van der Waals surface area contributed by atoms with E-state index in [4.69, 9.17) is 13.7 Å². The number of hydrogen-bond donors (Lipinski definition) is 0. The average molecular weight is 272 g/mol. The summed E-state index contributed by atoms with van der Waals surface area (Å²) in [5, 5.41) is 0. The van der Waals surface area contributed by atoms with Crippen LogP contribution in [-0.2, 0) is 14.3 Å². The minimum absolute atomic E-state index is 0.00594. The zero-order valence-electron chi connectivity index (χ0n) is 10.5. The van der Waals surface area contributed by atoms with E-state index in [2.05, 4.69) is 0 Å². The van der Waals surface area contributed by atoms with E-state index in [1.165, 1.54) is 32.4 Å². The Morgan fingerprint density at radius 3 is 2.50 bits per heavy atom. The highest BCUT2D eigenvalue weighted by Crippen LogP contribution is 2.29. The number of ether oxygens (including phenoxy) is 2. The number of methoxy groups -OCH3 is 2. The Morgan fingerprint density at radius 2 is 1.94 bits per heavy atom. The first-order valence-electron chi connectivity index (χ1n) is 5.27. The van der Waals surface area contributed by atoms with Crippen LogP contribution < -0.4 is 9.47 Å². The molecule has 0 aliphatic rings. The van der Waals surface area contributed by atoms with E-state index in [0.717, 1.165) is 0 Å². The maximum Gasteiger partial charge on any atom is 0.300 e. The molecule has 1 aromatic carbocycles. The lowest BCUT2D eigenvalue weighted by molar-refractivity contribution is 0.347. The van der Waals surface area contributed by atoms with Gasteiger partial charge in [-0.3, -0.25) is 4.18 Å². The number of rotatable bonds is 6. The van der Waals surface area contributed by atoms with E-state index >= 15 is 0 Å². The Morgan fingerprint density at radius 1 is 1.22 bits per heavy atom. The third-order valence-electron chi connectivity index (χ3n) is 2.20. The van der Waals surface area contributed by atoms with E-state index in [1.54, 1.807) is 19.1 Å². The average Bonchev–Trinajstić information content (AvgIpc) is 2.38. The van der Waals surface area contributed by atoms with Gasteiger partial charge in [-0.15, -0.1) is 0 Å². The molecule has 0 aliphatic heterocycles. The maximum atomic E-state index is 11.9. The van der Waals surface area contributed by atoms with Crippen LogP contribution in [0, 0.1) is 0 Å². The summed E-state index contributed by atoms with van der Waals surface area (Å²) in [5.74, 6) is 0.703. The summed E-state index contributed by atoms with van der Waals surface area (Å²) >= 11 is 0. The Balaban J connectivity index is 3.07. The zero-order chi connectivity index (χ0) is 13.6. The van der Waals surface area contributed by atoms with E-state index in [-0.39, 0.29) is 17.3 Å². The number of hydrogen-bond acceptors (Lipinski definition) is 5. The molecule has 1 rings (SSSR count). The molecule has 0 saturated heterocycles. The molecule has 0 aromatic heterocycles. The van der Waals surface area contributed by atoms with Gasteiger partial charge in [-0.25, -0.2) is 0 Å². The minimum atomic E-state index is -3.83. The van der Waals surface area contributed by atoms with Crippen molar-refractivity contribution in [3.63, 3.8) is 0 Å². The van der Waals surface area contributed by atoms with Crippen LogP contribution in [0.5, 0.6) is 11.5 Å². The standard InChI is InChI=1S/C12H16O5S/c1-4-5-8-17-18(13,14)12-7-6-10(15-2)9-11(12)16-3/h4-7,9H,8H2,1-3H3/b5-4+. The lowest BCUT2D eigenvalue weighted by Gasteiger charge is -2.10. The van der Waals surface area contributed by atoms with Gasteiger partial charge in [-0.1, -0.05) is 12.2 Å². The highest BCUT2D eigenvalue weighted by molar-refractivity contribution is 7.86. The maximum absolute atomic E-state index is 11.9. The molecule has 0 spiro atoms. The molecule has 6 heteroatoms. The Hall–Kier alpha value is -1.53. The molecule has 0 amide bonds. The minimum Gasteiger partial charge on any atom is -0.497 e. The van der Waals surface area contributed by atoms with Gasteiger partial charge in [-0.2, -0.15) is 8.42 Å². The summed E-state index contributed by atoms with van der Waals surface area (Å²) in [7, 11) is -0.952. The second kappa shape index (κ2) is 6.42. The van der Waals surface area contributed by atoms with Gasteiger partial charge >= 0.3 is 10.1 Å². The van der Waals surface area contributed by atoms with Crippen molar-refractivity contribution in [1.82, 2.24) is 0 Å². The van der Waals surface area contributed by atoms with Crippen molar-refractivity contribution in [2.75, 3.05) is 20.8 Å². The summed E-state index contributed by atoms with van der Waals surface area (Å²) in [6, 6.07) is 4.42. The highest BCUT2D eigenvalue weighted by Gasteiger charge is 2.20. The molecule has 5 nitrogen and oxygen atoms in total. The first-order valence-corrected chi connectivity index (χ1v) is 6.68. The van der Waals surface area contributed by atoms with Gasteiger partial charge in [0.25, 0.3) is 0 Å². The molecule has 100 valence electrons. The zero-order valence-corrected chi connectivity index (χ0v) is 11.4. The van der Waals surface area contributed by atoms with Crippen LogP contribution in [0.2, 0.25) is 0 Å². The van der Waals surface area contributed by atoms with Crippen molar-refractivity contribution in [2.45, 2.75) is 11.8 Å². The van der Waals surface area contributed by atoms with E-state index < -0.39 is 10.1 Å². The van der Waals surface area contributed by atoms with Crippen molar-refractivity contribution >= 4 is 10.1 Å². The number of allylic oxidation sites excluding steroid dienone is 1. The Kier molecular flexibility index (Phi) is 5.18. The Labute approximate surface area is 107 Å². The lowest BCUT2D eigenvalue weighted by Crippen LogP contribution is -2.08. The van der Waals surface area contributed by atoms with Gasteiger partial charge in [0, 0.05) is 6.07 Å². The molecule has 0 heterocycles. The summed E-state index contributed by atoms with van der Waals surface area (Å²) in [6.45, 7) is 1.78. The predicted octanol–water partition coefficient (Wildman–Crippen LogP) is 1.99. The van der Waals surface area contributed by atoms with Crippen LogP contribution in [0.25, 0.3) is 0 Å². The van der Waals surface area contributed by atoms with Crippen LogP contribution in [0.1, 0.15) is 6.92 Å². The molecule has 0 aliphatic carbocycles. The fourth-order valence-electron chi connectivity index (χ4n) is 1.27. The topological polar surface area (TPSA) is 61.8 Å². The van der Waals surface area contributed by atoms with Crippen LogP contribution in [0.4, 0.5) is 0 Å². The van der Waals surface area contributed by atoms with Crippen molar-refractivity contribution in [2.24, 2.45) is 0 Å². The summed E-state index contributed by atoms with van der Waals surface area (Å²) in [5.41, 5.74) is 0. The van der Waals surface area contributed by atoms with Crippen LogP contribution in [-0.4, -0.2) is 29.2 Å². The smallest absolute Gasteiger partial charge is 0.300 e. The molecule has 18 heavy (non-hydrogen) atoms. The molecule has 0 N–H and O–H groups in total. The van der Waals surface area contributed by atoms with E-state index in [1.807, 2.05) is 0 Å². The van der Waals surface area contributed by atoms with Crippen molar-refractivity contribution in [3.05, 3.63) is 30.4 Å². The molecule has 0 saturated carbocycles. The van der Waals surface area contributed by atoms with Crippen LogP contribution in [0.15, 0.2) is 35.2 Å². The van der Waals surface area contributed by atoms with Gasteiger partial charge in [0.2, 0.25) is 0 Å². The third kappa shape index (κ3) is 3.48. The molecular formula is C12H16O5S. The van der Waals surface area contributed by atoms with Crippen molar-refractivity contribution < 1.29 is 22.1 Å². The molecule has 1 aromatic rings. The fourth-order valence-corrected chi connectivity index (χ4v) is 2.28.